The zero-order valence-electron chi connectivity index (χ0n) is 16.4. The van der Waals surface area contributed by atoms with Crippen molar-refractivity contribution in [3.63, 3.8) is 0 Å². The van der Waals surface area contributed by atoms with Crippen molar-refractivity contribution >= 4 is 17.5 Å². The summed E-state index contributed by atoms with van der Waals surface area (Å²) >= 11 is 0. The summed E-state index contributed by atoms with van der Waals surface area (Å²) in [6.07, 6.45) is 0.752. The SMILES string of the molecule is CC(C)(C)OC(=O)NC1CCN(c2cc(-c3noc(=O)[nH]3)ccc2[N+](=O)[O-])CC1. The number of ether oxygens (including phenoxy) is 1. The monoisotopic (exact) mass is 405 g/mol. The van der Waals surface area contributed by atoms with Crippen molar-refractivity contribution < 1.29 is 19.0 Å². The zero-order valence-corrected chi connectivity index (χ0v) is 16.4. The highest BCUT2D eigenvalue weighted by atomic mass is 16.6. The number of piperidine rings is 1. The number of carbonyl (C=O) groups excluding carboxylic acids is 1. The second kappa shape index (κ2) is 7.94. The Bertz CT molecular complexity index is 952. The van der Waals surface area contributed by atoms with E-state index >= 15 is 0 Å². The minimum absolute atomic E-state index is 0.0434. The minimum atomic E-state index is -0.700. The van der Waals surface area contributed by atoms with Crippen molar-refractivity contribution in [2.45, 2.75) is 45.3 Å². The van der Waals surface area contributed by atoms with Crippen LogP contribution in [0.2, 0.25) is 0 Å². The van der Waals surface area contributed by atoms with Gasteiger partial charge in [-0.2, -0.15) is 0 Å². The number of nitrogens with zero attached hydrogens (tertiary/aromatic N) is 3. The summed E-state index contributed by atoms with van der Waals surface area (Å²) < 4.78 is 9.78. The first-order chi connectivity index (χ1) is 13.6. The molecule has 1 amide bonds. The Balaban J connectivity index is 1.73. The first-order valence-corrected chi connectivity index (χ1v) is 9.21. The van der Waals surface area contributed by atoms with Crippen molar-refractivity contribution in [1.29, 1.82) is 0 Å². The fourth-order valence-corrected chi connectivity index (χ4v) is 3.17. The Labute approximate surface area is 166 Å². The summed E-state index contributed by atoms with van der Waals surface area (Å²) in [4.78, 5) is 38.5. The smallest absolute Gasteiger partial charge is 0.439 e. The molecule has 0 spiro atoms. The first-order valence-electron chi connectivity index (χ1n) is 9.21. The molecule has 1 aliphatic rings. The highest BCUT2D eigenvalue weighted by Gasteiger charge is 2.27. The van der Waals surface area contributed by atoms with Gasteiger partial charge in [-0.25, -0.2) is 9.59 Å². The number of carbonyl (C=O) groups is 1. The van der Waals surface area contributed by atoms with Gasteiger partial charge in [-0.1, -0.05) is 5.16 Å². The summed E-state index contributed by atoms with van der Waals surface area (Å²) in [6, 6.07) is 4.41. The molecule has 0 atom stereocenters. The molecule has 0 bridgehead atoms. The number of rotatable bonds is 4. The van der Waals surface area contributed by atoms with Gasteiger partial charge in [0.1, 0.15) is 11.3 Å². The normalized spacial score (nSPS) is 15.2. The van der Waals surface area contributed by atoms with Gasteiger partial charge in [-0.05, 0) is 45.7 Å². The number of hydrogen-bond donors (Lipinski definition) is 2. The fraction of sp³-hybridized carbons (Fsp3) is 0.500. The van der Waals surface area contributed by atoms with Gasteiger partial charge in [0.2, 0.25) is 0 Å². The molecule has 29 heavy (non-hydrogen) atoms. The number of aromatic amines is 1. The second-order valence-electron chi connectivity index (χ2n) is 7.81. The lowest BCUT2D eigenvalue weighted by Gasteiger charge is -2.34. The van der Waals surface area contributed by atoms with Crippen LogP contribution >= 0.6 is 0 Å². The molecule has 0 radical (unpaired) electrons. The van der Waals surface area contributed by atoms with Crippen molar-refractivity contribution in [3.8, 4) is 11.4 Å². The molecule has 156 valence electrons. The maximum Gasteiger partial charge on any atom is 0.439 e. The molecule has 2 aromatic rings. The number of nitrogens with one attached hydrogen (secondary N) is 2. The van der Waals surface area contributed by atoms with E-state index in [4.69, 9.17) is 4.74 Å². The summed E-state index contributed by atoms with van der Waals surface area (Å²) in [6.45, 7) is 6.41. The predicted molar refractivity (Wildman–Crippen MR) is 104 cm³/mol. The average Bonchev–Trinajstić information content (AvgIpc) is 3.06. The van der Waals surface area contributed by atoms with Crippen molar-refractivity contribution in [1.82, 2.24) is 15.5 Å². The van der Waals surface area contributed by atoms with E-state index in [-0.39, 0.29) is 17.6 Å². The zero-order chi connectivity index (χ0) is 21.2. The van der Waals surface area contributed by atoms with Crippen LogP contribution in [0.5, 0.6) is 0 Å². The molecule has 1 aromatic carbocycles. The van der Waals surface area contributed by atoms with Crippen LogP contribution in [-0.4, -0.2) is 45.9 Å². The van der Waals surface area contributed by atoms with Gasteiger partial charge in [-0.15, -0.1) is 0 Å². The van der Waals surface area contributed by atoms with E-state index in [0.29, 0.717) is 37.2 Å². The Hall–Kier alpha value is -3.37. The number of anilines is 1. The molecule has 0 unspecified atom stereocenters. The van der Waals surface area contributed by atoms with Crippen LogP contribution in [-0.2, 0) is 4.74 Å². The summed E-state index contributed by atoms with van der Waals surface area (Å²) in [7, 11) is 0. The molecule has 1 fully saturated rings. The highest BCUT2D eigenvalue weighted by molar-refractivity contribution is 5.72. The van der Waals surface area contributed by atoms with E-state index < -0.39 is 22.4 Å². The van der Waals surface area contributed by atoms with Crippen LogP contribution in [0.25, 0.3) is 11.4 Å². The number of hydrogen-bond acceptors (Lipinski definition) is 8. The van der Waals surface area contributed by atoms with Gasteiger partial charge in [-0.3, -0.25) is 19.6 Å². The lowest BCUT2D eigenvalue weighted by Crippen LogP contribution is -2.46. The first kappa shape index (κ1) is 20.4. The molecular formula is C18H23N5O6. The molecule has 2 N–H and O–H groups in total. The van der Waals surface area contributed by atoms with Crippen LogP contribution in [0.4, 0.5) is 16.2 Å². The number of nitro benzene ring substituents is 1. The fourth-order valence-electron chi connectivity index (χ4n) is 3.17. The topological polar surface area (TPSA) is 144 Å². The number of benzene rings is 1. The van der Waals surface area contributed by atoms with Crippen LogP contribution < -0.4 is 16.0 Å². The van der Waals surface area contributed by atoms with Crippen LogP contribution in [0.15, 0.2) is 27.5 Å². The molecule has 11 nitrogen and oxygen atoms in total. The quantitative estimate of drug-likeness (QED) is 0.583. The molecular weight excluding hydrogens is 382 g/mol. The standard InChI is InChI=1S/C18H23N5O6/c1-18(2,3)28-16(24)19-12-6-8-22(9-7-12)14-10-11(4-5-13(14)23(26)27)15-20-17(25)29-21-15/h4-5,10,12H,6-9H2,1-3H3,(H,19,24)(H,20,21,25). The summed E-state index contributed by atoms with van der Waals surface area (Å²) in [5.74, 6) is -0.499. The van der Waals surface area contributed by atoms with E-state index in [1.54, 1.807) is 26.8 Å². The number of nitro groups is 1. The minimum Gasteiger partial charge on any atom is -0.444 e. The Kier molecular flexibility index (Phi) is 5.57. The van der Waals surface area contributed by atoms with Crippen molar-refractivity contribution in [2.24, 2.45) is 0 Å². The van der Waals surface area contributed by atoms with Gasteiger partial charge in [0.15, 0.2) is 5.82 Å². The molecule has 0 saturated carbocycles. The number of H-pyrrole nitrogens is 1. The molecule has 1 saturated heterocycles. The van der Waals surface area contributed by atoms with E-state index in [1.165, 1.54) is 12.1 Å². The number of aromatic nitrogens is 2. The largest absolute Gasteiger partial charge is 0.444 e. The Morgan fingerprint density at radius 3 is 2.62 bits per heavy atom. The highest BCUT2D eigenvalue weighted by Crippen LogP contribution is 2.33. The molecule has 3 rings (SSSR count). The van der Waals surface area contributed by atoms with Gasteiger partial charge in [0.25, 0.3) is 5.69 Å². The molecule has 2 heterocycles. The van der Waals surface area contributed by atoms with Crippen LogP contribution in [0.3, 0.4) is 0 Å². The third-order valence-electron chi connectivity index (χ3n) is 4.44. The molecule has 1 aromatic heterocycles. The van der Waals surface area contributed by atoms with Gasteiger partial charge in [0, 0.05) is 30.8 Å². The van der Waals surface area contributed by atoms with E-state index in [0.717, 1.165) is 0 Å². The Morgan fingerprint density at radius 2 is 2.07 bits per heavy atom. The van der Waals surface area contributed by atoms with E-state index in [9.17, 15) is 19.7 Å². The number of amides is 1. The average molecular weight is 405 g/mol. The summed E-state index contributed by atoms with van der Waals surface area (Å²) in [5, 5.41) is 17.9. The third-order valence-corrected chi connectivity index (χ3v) is 4.44. The van der Waals surface area contributed by atoms with Gasteiger partial charge >= 0.3 is 11.8 Å². The maximum absolute atomic E-state index is 11.9. The van der Waals surface area contributed by atoms with Crippen molar-refractivity contribution in [3.05, 3.63) is 38.9 Å². The lowest BCUT2D eigenvalue weighted by molar-refractivity contribution is -0.384. The second-order valence-corrected chi connectivity index (χ2v) is 7.81. The molecule has 11 heteroatoms. The van der Waals surface area contributed by atoms with Gasteiger partial charge in [0.05, 0.1) is 4.92 Å². The van der Waals surface area contributed by atoms with Gasteiger partial charge < -0.3 is 15.0 Å². The van der Waals surface area contributed by atoms with Crippen LogP contribution in [0.1, 0.15) is 33.6 Å². The van der Waals surface area contributed by atoms with E-state index in [1.807, 2.05) is 4.90 Å². The van der Waals surface area contributed by atoms with Crippen molar-refractivity contribution in [2.75, 3.05) is 18.0 Å². The Morgan fingerprint density at radius 1 is 1.38 bits per heavy atom. The third kappa shape index (κ3) is 5.12. The lowest BCUT2D eigenvalue weighted by atomic mass is 10.0. The van der Waals surface area contributed by atoms with E-state index in [2.05, 4.69) is 20.0 Å². The molecule has 1 aliphatic heterocycles. The predicted octanol–water partition coefficient (Wildman–Crippen LogP) is 2.43. The maximum atomic E-state index is 11.9. The number of alkyl carbamates (subject to hydrolysis) is 1. The van der Waals surface area contributed by atoms with Crippen LogP contribution in [0, 0.1) is 10.1 Å². The molecule has 0 aliphatic carbocycles. The summed E-state index contributed by atoms with van der Waals surface area (Å²) in [5.41, 5.74) is 0.309.